The van der Waals surface area contributed by atoms with E-state index >= 15 is 0 Å². The van der Waals surface area contributed by atoms with Gasteiger partial charge in [0.2, 0.25) is 0 Å². The monoisotopic (exact) mass is 398 g/mol. The van der Waals surface area contributed by atoms with Crippen molar-refractivity contribution in [3.05, 3.63) is 76.7 Å². The third-order valence-electron chi connectivity index (χ3n) is 6.36. The molecular formula is C29H39B. The first-order valence-electron chi connectivity index (χ1n) is 12.3. The van der Waals surface area contributed by atoms with Gasteiger partial charge in [-0.3, -0.25) is 0 Å². The van der Waals surface area contributed by atoms with Crippen LogP contribution in [-0.4, -0.2) is 7.28 Å². The largest absolute Gasteiger partial charge is 0.157 e. The quantitative estimate of drug-likeness (QED) is 0.243. The first-order chi connectivity index (χ1) is 14.8. The molecule has 0 N–H and O–H groups in total. The van der Waals surface area contributed by atoms with Crippen LogP contribution in [0.25, 0.3) is 12.2 Å². The van der Waals surface area contributed by atoms with Gasteiger partial charge in [-0.25, -0.2) is 0 Å². The second-order valence-electron chi connectivity index (χ2n) is 8.89. The Labute approximate surface area is 185 Å². The van der Waals surface area contributed by atoms with Gasteiger partial charge in [-0.05, 0) is 68.2 Å². The Morgan fingerprint density at radius 1 is 0.900 bits per heavy atom. The average Bonchev–Trinajstić information content (AvgIpc) is 3.13. The lowest BCUT2D eigenvalue weighted by atomic mass is 9.66. The Balaban J connectivity index is 1.31. The molecule has 0 radical (unpaired) electrons. The molecule has 0 bridgehead atoms. The summed E-state index contributed by atoms with van der Waals surface area (Å²) in [7, 11) is 1.23. The fourth-order valence-corrected chi connectivity index (χ4v) is 4.50. The zero-order valence-electron chi connectivity index (χ0n) is 18.9. The maximum atomic E-state index is 3.81. The van der Waals surface area contributed by atoms with E-state index < -0.39 is 0 Å². The molecule has 0 unspecified atom stereocenters. The van der Waals surface area contributed by atoms with E-state index in [9.17, 15) is 0 Å². The van der Waals surface area contributed by atoms with Gasteiger partial charge in [0.25, 0.3) is 0 Å². The molecule has 158 valence electrons. The highest BCUT2D eigenvalue weighted by Gasteiger charge is 2.02. The van der Waals surface area contributed by atoms with E-state index in [2.05, 4.69) is 61.2 Å². The van der Waals surface area contributed by atoms with Crippen LogP contribution in [0.1, 0.15) is 77.0 Å². The van der Waals surface area contributed by atoms with Crippen LogP contribution in [0.15, 0.2) is 66.3 Å². The Morgan fingerprint density at radius 3 is 2.67 bits per heavy atom. The molecule has 0 aliphatic heterocycles. The SMILES string of the molecule is C=CCC/C=C1\CC=CC(CCCCCCBc2ccc3c(c2)=CCCCC=3)=CC1. The van der Waals surface area contributed by atoms with E-state index in [-0.39, 0.29) is 0 Å². The van der Waals surface area contributed by atoms with Crippen molar-refractivity contribution in [3.63, 3.8) is 0 Å². The van der Waals surface area contributed by atoms with E-state index in [0.717, 1.165) is 25.7 Å². The topological polar surface area (TPSA) is 0 Å². The van der Waals surface area contributed by atoms with Crippen molar-refractivity contribution in [2.24, 2.45) is 0 Å². The van der Waals surface area contributed by atoms with Crippen molar-refractivity contribution in [1.82, 2.24) is 0 Å². The molecule has 2 aliphatic carbocycles. The van der Waals surface area contributed by atoms with Gasteiger partial charge < -0.3 is 0 Å². The van der Waals surface area contributed by atoms with Crippen molar-refractivity contribution in [2.45, 2.75) is 83.4 Å². The highest BCUT2D eigenvalue weighted by Crippen LogP contribution is 2.21. The summed E-state index contributed by atoms with van der Waals surface area (Å²) in [5.41, 5.74) is 4.63. The van der Waals surface area contributed by atoms with Crippen molar-refractivity contribution in [3.8, 4) is 0 Å². The first-order valence-corrected chi connectivity index (χ1v) is 12.3. The van der Waals surface area contributed by atoms with Gasteiger partial charge in [-0.15, -0.1) is 6.58 Å². The van der Waals surface area contributed by atoms with Crippen molar-refractivity contribution in [2.75, 3.05) is 0 Å². The summed E-state index contributed by atoms with van der Waals surface area (Å²) < 4.78 is 0. The Morgan fingerprint density at radius 2 is 1.77 bits per heavy atom. The zero-order valence-corrected chi connectivity index (χ0v) is 18.9. The van der Waals surface area contributed by atoms with Gasteiger partial charge in [0.05, 0.1) is 0 Å². The van der Waals surface area contributed by atoms with E-state index in [1.54, 1.807) is 11.1 Å². The maximum Gasteiger partial charge on any atom is 0.157 e. The Hall–Kier alpha value is -2.02. The summed E-state index contributed by atoms with van der Waals surface area (Å²) >= 11 is 0. The molecule has 0 saturated carbocycles. The zero-order chi connectivity index (χ0) is 20.9. The molecule has 3 rings (SSSR count). The second-order valence-corrected chi connectivity index (χ2v) is 8.89. The molecule has 1 aromatic carbocycles. The van der Waals surface area contributed by atoms with Crippen LogP contribution in [0.4, 0.5) is 0 Å². The summed E-state index contributed by atoms with van der Waals surface area (Å²) in [4.78, 5) is 0. The van der Waals surface area contributed by atoms with E-state index in [0.29, 0.717) is 0 Å². The van der Waals surface area contributed by atoms with E-state index in [1.165, 1.54) is 80.9 Å². The van der Waals surface area contributed by atoms with Gasteiger partial charge in [0.1, 0.15) is 0 Å². The summed E-state index contributed by atoms with van der Waals surface area (Å²) in [5, 5.41) is 2.91. The molecular weight excluding hydrogens is 359 g/mol. The third-order valence-corrected chi connectivity index (χ3v) is 6.36. The highest BCUT2D eigenvalue weighted by atomic mass is 14.1. The molecule has 0 amide bonds. The minimum atomic E-state index is 1.09. The number of allylic oxidation sites excluding steroid dienone is 7. The molecule has 0 heterocycles. The van der Waals surface area contributed by atoms with Crippen LogP contribution in [0.5, 0.6) is 0 Å². The summed E-state index contributed by atoms with van der Waals surface area (Å²) in [6.45, 7) is 3.81. The van der Waals surface area contributed by atoms with E-state index in [1.807, 2.05) is 6.08 Å². The van der Waals surface area contributed by atoms with Crippen molar-refractivity contribution >= 4 is 24.9 Å². The smallest absolute Gasteiger partial charge is 0.103 e. The van der Waals surface area contributed by atoms with Crippen molar-refractivity contribution in [1.29, 1.82) is 0 Å². The first kappa shape index (κ1) is 22.7. The molecule has 2 aliphatic rings. The maximum absolute atomic E-state index is 3.81. The normalized spacial score (nSPS) is 17.2. The van der Waals surface area contributed by atoms with Crippen LogP contribution in [-0.2, 0) is 0 Å². The number of hydrogen-bond donors (Lipinski definition) is 0. The molecule has 0 nitrogen and oxygen atoms in total. The fourth-order valence-electron chi connectivity index (χ4n) is 4.50. The predicted molar refractivity (Wildman–Crippen MR) is 137 cm³/mol. The van der Waals surface area contributed by atoms with Crippen molar-refractivity contribution < 1.29 is 0 Å². The summed E-state index contributed by atoms with van der Waals surface area (Å²) in [5.74, 6) is 0. The van der Waals surface area contributed by atoms with Crippen LogP contribution in [0.2, 0.25) is 6.32 Å². The highest BCUT2D eigenvalue weighted by molar-refractivity contribution is 6.53. The molecule has 1 heteroatoms. The minimum absolute atomic E-state index is 1.09. The minimum Gasteiger partial charge on any atom is -0.103 e. The fraction of sp³-hybridized carbons (Fsp3) is 0.448. The lowest BCUT2D eigenvalue weighted by Gasteiger charge is -2.04. The Kier molecular flexibility index (Phi) is 10.1. The molecule has 0 spiro atoms. The van der Waals surface area contributed by atoms with Crippen LogP contribution < -0.4 is 15.9 Å². The molecule has 0 saturated heterocycles. The third kappa shape index (κ3) is 8.02. The lowest BCUT2D eigenvalue weighted by Crippen LogP contribution is -2.30. The van der Waals surface area contributed by atoms with Crippen LogP contribution >= 0.6 is 0 Å². The number of benzene rings is 1. The Bertz CT molecular complexity index is 881. The number of unbranched alkanes of at least 4 members (excludes halogenated alkanes) is 4. The summed E-state index contributed by atoms with van der Waals surface area (Å²) in [6, 6.07) is 7.11. The lowest BCUT2D eigenvalue weighted by molar-refractivity contribution is 0.667. The number of rotatable bonds is 11. The van der Waals surface area contributed by atoms with Crippen LogP contribution in [0, 0.1) is 0 Å². The molecule has 1 aromatic rings. The van der Waals surface area contributed by atoms with Gasteiger partial charge >= 0.3 is 0 Å². The predicted octanol–water partition coefficient (Wildman–Crippen LogP) is 6.03. The van der Waals surface area contributed by atoms with Gasteiger partial charge in [-0.2, -0.15) is 0 Å². The molecule has 0 aromatic heterocycles. The second kappa shape index (κ2) is 13.3. The summed E-state index contributed by atoms with van der Waals surface area (Å²) in [6.07, 6.45) is 32.6. The van der Waals surface area contributed by atoms with Gasteiger partial charge in [0, 0.05) is 0 Å². The molecule has 30 heavy (non-hydrogen) atoms. The molecule has 0 fully saturated rings. The molecule has 0 atom stereocenters. The van der Waals surface area contributed by atoms with Gasteiger partial charge in [0.15, 0.2) is 7.28 Å². The van der Waals surface area contributed by atoms with Crippen LogP contribution in [0.3, 0.4) is 0 Å². The average molecular weight is 398 g/mol. The number of hydrogen-bond acceptors (Lipinski definition) is 0. The standard InChI is InChI=1S/C29H39B/c1-2-3-7-13-25-15-12-16-26(20-19-25)14-8-4-5-11-23-30-29-22-21-27-17-9-6-10-18-28(27)24-29/h2,12-13,16-18,20-22,24,30H,1,3-11,14-15,19,23H2/b25-13+. The van der Waals surface area contributed by atoms with Gasteiger partial charge in [-0.1, -0.05) is 103 Å². The number of fused-ring (bicyclic) bond motifs is 1. The van der Waals surface area contributed by atoms with E-state index in [4.69, 9.17) is 0 Å².